The molecule has 41 heavy (non-hydrogen) atoms. The maximum absolute atomic E-state index is 15.1. The molecule has 5 rings (SSSR count). The molecule has 1 atom stereocenters. The summed E-state index contributed by atoms with van der Waals surface area (Å²) in [7, 11) is 0. The van der Waals surface area contributed by atoms with Gasteiger partial charge in [0.2, 0.25) is 11.8 Å². The number of carboxylic acid groups (broad SMARTS) is 1. The van der Waals surface area contributed by atoms with Gasteiger partial charge in [0.15, 0.2) is 6.61 Å². The summed E-state index contributed by atoms with van der Waals surface area (Å²) < 4.78 is 20.6. The number of aryl methyl sites for hydroxylation is 1. The molecular formula is C32H32FN3O5. The number of hydrogen-bond acceptors (Lipinski definition) is 5. The molecule has 1 aliphatic heterocycles. The average Bonchev–Trinajstić information content (AvgIpc) is 3.50. The lowest BCUT2D eigenvalue weighted by atomic mass is 9.83. The molecular weight excluding hydrogens is 525 g/mol. The molecule has 1 heterocycles. The van der Waals surface area contributed by atoms with E-state index in [9.17, 15) is 14.4 Å². The van der Waals surface area contributed by atoms with Crippen molar-refractivity contribution in [3.8, 4) is 0 Å². The predicted molar refractivity (Wildman–Crippen MR) is 152 cm³/mol. The van der Waals surface area contributed by atoms with Gasteiger partial charge in [0.25, 0.3) is 5.91 Å². The van der Waals surface area contributed by atoms with Gasteiger partial charge < -0.3 is 15.2 Å². The molecule has 0 bridgehead atoms. The van der Waals surface area contributed by atoms with E-state index < -0.39 is 17.7 Å². The van der Waals surface area contributed by atoms with Crippen LogP contribution in [-0.2, 0) is 32.1 Å². The predicted octanol–water partition coefficient (Wildman–Crippen LogP) is 5.48. The minimum atomic E-state index is -1.01. The van der Waals surface area contributed by atoms with Crippen molar-refractivity contribution in [3.05, 3.63) is 101 Å². The number of ether oxygens (including phenoxy) is 1. The summed E-state index contributed by atoms with van der Waals surface area (Å²) in [6.45, 7) is 0.164. The number of nitrogens with zero attached hydrogens (tertiary/aromatic N) is 2. The van der Waals surface area contributed by atoms with Crippen molar-refractivity contribution in [1.29, 1.82) is 0 Å². The van der Waals surface area contributed by atoms with Crippen LogP contribution in [0.2, 0.25) is 0 Å². The lowest BCUT2D eigenvalue weighted by Crippen LogP contribution is -2.36. The highest BCUT2D eigenvalue weighted by Gasteiger charge is 2.33. The van der Waals surface area contributed by atoms with E-state index in [4.69, 9.17) is 9.84 Å². The number of halogens is 1. The normalized spacial score (nSPS) is 16.2. The summed E-state index contributed by atoms with van der Waals surface area (Å²) in [5.74, 6) is -2.11. The molecule has 1 fully saturated rings. The molecule has 0 radical (unpaired) electrons. The Kier molecular flexibility index (Phi) is 8.72. The van der Waals surface area contributed by atoms with Crippen LogP contribution >= 0.6 is 0 Å². The van der Waals surface area contributed by atoms with Gasteiger partial charge >= 0.3 is 5.97 Å². The Morgan fingerprint density at radius 2 is 1.76 bits per heavy atom. The second-order valence-corrected chi connectivity index (χ2v) is 10.4. The van der Waals surface area contributed by atoms with Crippen LogP contribution in [0.1, 0.15) is 60.3 Å². The number of nitrogens with one attached hydrogen (secondary N) is 1. The van der Waals surface area contributed by atoms with Gasteiger partial charge in [-0.05, 0) is 60.1 Å². The quantitative estimate of drug-likeness (QED) is 0.343. The summed E-state index contributed by atoms with van der Waals surface area (Å²) in [6.07, 6.45) is 3.72. The van der Waals surface area contributed by atoms with Crippen molar-refractivity contribution in [2.75, 3.05) is 11.9 Å². The van der Waals surface area contributed by atoms with Crippen molar-refractivity contribution in [1.82, 2.24) is 5.01 Å². The van der Waals surface area contributed by atoms with E-state index in [0.717, 1.165) is 42.4 Å². The molecule has 3 aromatic carbocycles. The summed E-state index contributed by atoms with van der Waals surface area (Å²) >= 11 is 0. The van der Waals surface area contributed by atoms with Gasteiger partial charge in [-0.3, -0.25) is 14.4 Å². The molecule has 0 aromatic heterocycles. The second-order valence-electron chi connectivity index (χ2n) is 10.4. The number of amides is 2. The van der Waals surface area contributed by atoms with E-state index >= 15 is 4.39 Å². The van der Waals surface area contributed by atoms with E-state index in [1.807, 2.05) is 54.6 Å². The summed E-state index contributed by atoms with van der Waals surface area (Å²) in [6, 6.07) is 21.6. The molecule has 2 N–H and O–H groups in total. The first-order valence-electron chi connectivity index (χ1n) is 13.8. The minimum absolute atomic E-state index is 0.0426. The van der Waals surface area contributed by atoms with Crippen molar-refractivity contribution < 1.29 is 28.6 Å². The Hall–Kier alpha value is -4.53. The first-order chi connectivity index (χ1) is 19.9. The fraction of sp³-hybridized carbons (Fsp3) is 0.312. The average molecular weight is 558 g/mol. The lowest BCUT2D eigenvalue weighted by Gasteiger charge is -2.25. The second kappa shape index (κ2) is 12.8. The number of carbonyl (C=O) groups is 3. The molecule has 2 amide bonds. The van der Waals surface area contributed by atoms with Crippen LogP contribution in [0.3, 0.4) is 0 Å². The van der Waals surface area contributed by atoms with Gasteiger partial charge in [0.05, 0.1) is 18.2 Å². The number of hydrazone groups is 1. The van der Waals surface area contributed by atoms with Crippen LogP contribution in [0.25, 0.3) is 0 Å². The topological polar surface area (TPSA) is 108 Å². The van der Waals surface area contributed by atoms with E-state index in [1.165, 1.54) is 17.1 Å². The Balaban J connectivity index is 1.33. The Morgan fingerprint density at radius 3 is 2.46 bits per heavy atom. The number of anilines is 1. The van der Waals surface area contributed by atoms with E-state index in [2.05, 4.69) is 10.4 Å². The molecule has 2 aliphatic rings. The third-order valence-electron chi connectivity index (χ3n) is 7.62. The molecule has 1 aliphatic carbocycles. The number of carbonyl (C=O) groups excluding carboxylic acids is 2. The third kappa shape index (κ3) is 6.80. The fourth-order valence-corrected chi connectivity index (χ4v) is 5.50. The van der Waals surface area contributed by atoms with Crippen LogP contribution in [-0.4, -0.2) is 40.4 Å². The van der Waals surface area contributed by atoms with Crippen molar-refractivity contribution in [2.24, 2.45) is 11.0 Å². The van der Waals surface area contributed by atoms with E-state index in [1.54, 1.807) is 6.07 Å². The van der Waals surface area contributed by atoms with Gasteiger partial charge in [-0.25, -0.2) is 9.40 Å². The number of rotatable bonds is 10. The zero-order valence-electron chi connectivity index (χ0n) is 22.6. The van der Waals surface area contributed by atoms with Gasteiger partial charge in [0, 0.05) is 12.0 Å². The van der Waals surface area contributed by atoms with Crippen LogP contribution < -0.4 is 5.32 Å². The van der Waals surface area contributed by atoms with Crippen molar-refractivity contribution in [2.45, 2.75) is 51.0 Å². The molecule has 0 saturated heterocycles. The van der Waals surface area contributed by atoms with Crippen LogP contribution in [0.5, 0.6) is 0 Å². The van der Waals surface area contributed by atoms with Gasteiger partial charge in [-0.15, -0.1) is 5.10 Å². The molecule has 8 nitrogen and oxygen atoms in total. The monoisotopic (exact) mass is 557 g/mol. The molecule has 0 spiro atoms. The van der Waals surface area contributed by atoms with E-state index in [0.29, 0.717) is 5.90 Å². The Labute approximate surface area is 237 Å². The van der Waals surface area contributed by atoms with Crippen LogP contribution in [0.4, 0.5) is 10.1 Å². The molecule has 3 aromatic rings. The lowest BCUT2D eigenvalue weighted by molar-refractivity contribution is -0.137. The standard InChI is InChI=1S/C32H32FN3O5/c33-30-24(17-18-28(38)39)11-6-12-26(30)34-31(40)29(22-7-4-5-8-22)23-15-13-21(14-16-23)19-36-27(37)20-41-32(35-36)25-9-2-1-3-10-25/h1-3,6,9-16,22,29H,4-5,7-8,17-20H2,(H,34,40)(H,38,39)/t29-/m0/s1. The Bertz CT molecular complexity index is 1440. The smallest absolute Gasteiger partial charge is 0.303 e. The summed E-state index contributed by atoms with van der Waals surface area (Å²) in [5.41, 5.74) is 2.76. The number of hydrogen-bond donors (Lipinski definition) is 2. The molecule has 9 heteroatoms. The number of aliphatic carboxylic acids is 1. The molecule has 212 valence electrons. The zero-order valence-corrected chi connectivity index (χ0v) is 22.6. The highest BCUT2D eigenvalue weighted by Crippen LogP contribution is 2.38. The first kappa shape index (κ1) is 28.0. The van der Waals surface area contributed by atoms with Gasteiger partial charge in [0.1, 0.15) is 5.82 Å². The SMILES string of the molecule is O=C(O)CCc1cccc(NC(=O)[C@H](c2ccc(CN3N=C(c4ccccc4)OCC3=O)cc2)C2CCCC2)c1F. The molecule has 0 unspecified atom stereocenters. The molecule has 1 saturated carbocycles. The Morgan fingerprint density at radius 1 is 1.02 bits per heavy atom. The number of benzene rings is 3. The van der Waals surface area contributed by atoms with E-state index in [-0.39, 0.29) is 55.0 Å². The maximum atomic E-state index is 15.1. The maximum Gasteiger partial charge on any atom is 0.303 e. The highest BCUT2D eigenvalue weighted by atomic mass is 19.1. The zero-order chi connectivity index (χ0) is 28.8. The van der Waals surface area contributed by atoms with Crippen molar-refractivity contribution in [3.63, 3.8) is 0 Å². The summed E-state index contributed by atoms with van der Waals surface area (Å²) in [4.78, 5) is 37.0. The number of carboxylic acids is 1. The summed E-state index contributed by atoms with van der Waals surface area (Å²) in [5, 5.41) is 17.5. The van der Waals surface area contributed by atoms with Crippen molar-refractivity contribution >= 4 is 29.4 Å². The van der Waals surface area contributed by atoms with Gasteiger partial charge in [-0.1, -0.05) is 67.4 Å². The third-order valence-corrected chi connectivity index (χ3v) is 7.62. The largest absolute Gasteiger partial charge is 0.481 e. The minimum Gasteiger partial charge on any atom is -0.481 e. The van der Waals surface area contributed by atoms with Crippen LogP contribution in [0, 0.1) is 11.7 Å². The highest BCUT2D eigenvalue weighted by molar-refractivity contribution is 5.98. The fourth-order valence-electron chi connectivity index (χ4n) is 5.50. The van der Waals surface area contributed by atoms with Crippen LogP contribution in [0.15, 0.2) is 77.9 Å². The first-order valence-corrected chi connectivity index (χ1v) is 13.8. The van der Waals surface area contributed by atoms with Gasteiger partial charge in [-0.2, -0.15) is 0 Å².